The summed E-state index contributed by atoms with van der Waals surface area (Å²) in [4.78, 5) is 8.57. The minimum Gasteiger partial charge on any atom is -0.339 e. The third-order valence-corrected chi connectivity index (χ3v) is 3.74. The van der Waals surface area contributed by atoms with Crippen LogP contribution in [0, 0.1) is 0 Å². The summed E-state index contributed by atoms with van der Waals surface area (Å²) in [7, 11) is 0. The van der Waals surface area contributed by atoms with Crippen LogP contribution >= 0.6 is 15.9 Å². The number of pyridine rings is 1. The first kappa shape index (κ1) is 14.9. The highest BCUT2D eigenvalue weighted by Crippen LogP contribution is 2.17. The van der Waals surface area contributed by atoms with Gasteiger partial charge in [0.05, 0.1) is 0 Å². The average Bonchev–Trinajstić information content (AvgIpc) is 3.02. The van der Waals surface area contributed by atoms with Crippen LogP contribution in [0.25, 0.3) is 11.4 Å². The summed E-state index contributed by atoms with van der Waals surface area (Å²) >= 11 is 3.41. The summed E-state index contributed by atoms with van der Waals surface area (Å²) in [6.07, 6.45) is 5.10. The quantitative estimate of drug-likeness (QED) is 0.757. The number of aryl methyl sites for hydroxylation is 2. The van der Waals surface area contributed by atoms with Gasteiger partial charge in [0.1, 0.15) is 0 Å². The van der Waals surface area contributed by atoms with Crippen molar-refractivity contribution >= 4 is 15.9 Å². The van der Waals surface area contributed by atoms with Crippen molar-refractivity contribution in [3.05, 3.63) is 64.2 Å². The molecular weight excluding hydrogens is 344 g/mol. The molecule has 112 valence electrons. The Balaban J connectivity index is 1.68. The predicted octanol–water partition coefficient (Wildman–Crippen LogP) is 3.14. The Morgan fingerprint density at radius 3 is 2.59 bits per heavy atom. The molecule has 0 atom stereocenters. The van der Waals surface area contributed by atoms with Gasteiger partial charge in [0.15, 0.2) is 0 Å². The van der Waals surface area contributed by atoms with Gasteiger partial charge in [-0.15, -0.1) is 0 Å². The molecule has 0 fully saturated rings. The number of benzene rings is 1. The third kappa shape index (κ3) is 3.58. The van der Waals surface area contributed by atoms with Crippen molar-refractivity contribution in [2.75, 3.05) is 0 Å². The molecule has 5 nitrogen and oxygen atoms in total. The average molecular weight is 359 g/mol. The van der Waals surface area contributed by atoms with Crippen LogP contribution in [0.1, 0.15) is 17.0 Å². The first-order valence-corrected chi connectivity index (χ1v) is 7.75. The first-order chi connectivity index (χ1) is 10.7. The van der Waals surface area contributed by atoms with Crippen molar-refractivity contribution in [2.45, 2.75) is 19.4 Å². The maximum Gasteiger partial charge on any atom is 0.227 e. The maximum absolute atomic E-state index is 5.59. The molecule has 3 aromatic rings. The molecule has 0 aliphatic heterocycles. The van der Waals surface area contributed by atoms with E-state index in [1.807, 2.05) is 36.5 Å². The van der Waals surface area contributed by atoms with Crippen LogP contribution in [0.15, 0.2) is 51.7 Å². The van der Waals surface area contributed by atoms with E-state index in [1.165, 1.54) is 0 Å². The fourth-order valence-electron chi connectivity index (χ4n) is 2.11. The highest BCUT2D eigenvalue weighted by molar-refractivity contribution is 9.10. The van der Waals surface area contributed by atoms with Crippen molar-refractivity contribution in [1.82, 2.24) is 15.1 Å². The molecule has 0 bridgehead atoms. The van der Waals surface area contributed by atoms with Crippen LogP contribution in [-0.4, -0.2) is 15.1 Å². The molecule has 0 aliphatic carbocycles. The Morgan fingerprint density at radius 1 is 1.05 bits per heavy atom. The zero-order valence-corrected chi connectivity index (χ0v) is 13.5. The minimum absolute atomic E-state index is 0.526. The summed E-state index contributed by atoms with van der Waals surface area (Å²) in [5.74, 6) is 1.23. The molecule has 22 heavy (non-hydrogen) atoms. The van der Waals surface area contributed by atoms with Gasteiger partial charge in [0.25, 0.3) is 0 Å². The smallest absolute Gasteiger partial charge is 0.227 e. The SMILES string of the molecule is NCc1ccc(-c2noc(CCc3cncc(Br)c3)n2)cc1. The van der Waals surface area contributed by atoms with E-state index in [2.05, 4.69) is 31.1 Å². The van der Waals surface area contributed by atoms with Crippen molar-refractivity contribution in [1.29, 1.82) is 0 Å². The van der Waals surface area contributed by atoms with Crippen molar-refractivity contribution in [3.8, 4) is 11.4 Å². The van der Waals surface area contributed by atoms with Gasteiger partial charge in [-0.1, -0.05) is 29.4 Å². The fourth-order valence-corrected chi connectivity index (χ4v) is 2.52. The van der Waals surface area contributed by atoms with Gasteiger partial charge in [0, 0.05) is 35.4 Å². The van der Waals surface area contributed by atoms with Gasteiger partial charge in [-0.05, 0) is 39.5 Å². The minimum atomic E-state index is 0.526. The summed E-state index contributed by atoms with van der Waals surface area (Å²) in [6.45, 7) is 0.526. The van der Waals surface area contributed by atoms with E-state index in [0.29, 0.717) is 24.7 Å². The lowest BCUT2D eigenvalue weighted by Crippen LogP contribution is -1.95. The van der Waals surface area contributed by atoms with Crippen LogP contribution < -0.4 is 5.73 Å². The zero-order chi connectivity index (χ0) is 15.4. The van der Waals surface area contributed by atoms with Crippen LogP contribution in [-0.2, 0) is 19.4 Å². The van der Waals surface area contributed by atoms with E-state index in [0.717, 1.165) is 27.6 Å². The van der Waals surface area contributed by atoms with E-state index >= 15 is 0 Å². The molecule has 0 unspecified atom stereocenters. The number of halogens is 1. The van der Waals surface area contributed by atoms with Gasteiger partial charge < -0.3 is 10.3 Å². The largest absolute Gasteiger partial charge is 0.339 e. The van der Waals surface area contributed by atoms with Gasteiger partial charge >= 0.3 is 0 Å². The number of nitrogens with zero attached hydrogens (tertiary/aromatic N) is 3. The zero-order valence-electron chi connectivity index (χ0n) is 11.9. The van der Waals surface area contributed by atoms with E-state index in [1.54, 1.807) is 6.20 Å². The Morgan fingerprint density at radius 2 is 1.86 bits per heavy atom. The number of hydrogen-bond acceptors (Lipinski definition) is 5. The second-order valence-electron chi connectivity index (χ2n) is 4.92. The third-order valence-electron chi connectivity index (χ3n) is 3.30. The molecule has 0 saturated carbocycles. The fraction of sp³-hybridized carbons (Fsp3) is 0.188. The highest BCUT2D eigenvalue weighted by Gasteiger charge is 2.09. The van der Waals surface area contributed by atoms with Gasteiger partial charge in [-0.25, -0.2) is 0 Å². The lowest BCUT2D eigenvalue weighted by Gasteiger charge is -1.98. The van der Waals surface area contributed by atoms with Crippen molar-refractivity contribution in [3.63, 3.8) is 0 Å². The molecular formula is C16H15BrN4O. The lowest BCUT2D eigenvalue weighted by molar-refractivity contribution is 0.379. The van der Waals surface area contributed by atoms with Gasteiger partial charge in [-0.2, -0.15) is 4.98 Å². The molecule has 0 radical (unpaired) electrons. The summed E-state index contributed by atoms with van der Waals surface area (Å²) in [5.41, 5.74) is 8.72. The van der Waals surface area contributed by atoms with E-state index in [9.17, 15) is 0 Å². The number of rotatable bonds is 5. The second kappa shape index (κ2) is 6.81. The Hall–Kier alpha value is -2.05. The molecule has 1 aromatic carbocycles. The van der Waals surface area contributed by atoms with Gasteiger partial charge in [0.2, 0.25) is 11.7 Å². The summed E-state index contributed by atoms with van der Waals surface area (Å²) in [6, 6.07) is 9.89. The van der Waals surface area contributed by atoms with Crippen LogP contribution in [0.3, 0.4) is 0 Å². The molecule has 6 heteroatoms. The van der Waals surface area contributed by atoms with Crippen LogP contribution in [0.5, 0.6) is 0 Å². The monoisotopic (exact) mass is 358 g/mol. The molecule has 2 heterocycles. The van der Waals surface area contributed by atoms with Gasteiger partial charge in [-0.3, -0.25) is 4.98 Å². The molecule has 2 N–H and O–H groups in total. The topological polar surface area (TPSA) is 77.8 Å². The molecule has 0 saturated heterocycles. The second-order valence-corrected chi connectivity index (χ2v) is 5.84. The summed E-state index contributed by atoms with van der Waals surface area (Å²) in [5, 5.41) is 4.03. The molecule has 0 spiro atoms. The van der Waals surface area contributed by atoms with E-state index < -0.39 is 0 Å². The number of hydrogen-bond donors (Lipinski definition) is 1. The Labute approximate surface area is 136 Å². The van der Waals surface area contributed by atoms with Crippen molar-refractivity contribution in [2.24, 2.45) is 5.73 Å². The maximum atomic E-state index is 5.59. The number of aromatic nitrogens is 3. The first-order valence-electron chi connectivity index (χ1n) is 6.96. The molecule has 2 aromatic heterocycles. The molecule has 3 rings (SSSR count). The summed E-state index contributed by atoms with van der Waals surface area (Å²) < 4.78 is 6.28. The van der Waals surface area contributed by atoms with E-state index in [4.69, 9.17) is 10.3 Å². The Kier molecular flexibility index (Phi) is 4.60. The normalized spacial score (nSPS) is 10.8. The van der Waals surface area contributed by atoms with Crippen molar-refractivity contribution < 1.29 is 4.52 Å². The number of nitrogens with two attached hydrogens (primary N) is 1. The molecule has 0 aliphatic rings. The Bertz CT molecular complexity index is 755. The predicted molar refractivity (Wildman–Crippen MR) is 87.0 cm³/mol. The van der Waals surface area contributed by atoms with E-state index in [-0.39, 0.29) is 0 Å². The highest BCUT2D eigenvalue weighted by atomic mass is 79.9. The van der Waals surface area contributed by atoms with Crippen LogP contribution in [0.2, 0.25) is 0 Å². The molecule has 0 amide bonds. The standard InChI is InChI=1S/C16H15BrN4O/c17-14-7-12(9-19-10-14)3-6-15-20-16(21-22-15)13-4-1-11(8-18)2-5-13/h1-2,4-5,7,9-10H,3,6,8,18H2. The van der Waals surface area contributed by atoms with Crippen LogP contribution in [0.4, 0.5) is 0 Å². The lowest BCUT2D eigenvalue weighted by atomic mass is 10.1.